The molecule has 9 heteroatoms. The first kappa shape index (κ1) is 77.7. The Kier molecular flexibility index (Phi) is 59.5. The zero-order valence-electron chi connectivity index (χ0n) is 53.3. The smallest absolute Gasteiger partial charge is 0.268 e. The lowest BCUT2D eigenvalue weighted by atomic mass is 10.0. The normalized spacial score (nSPS) is 14.2. The molecule has 0 heterocycles. The van der Waals surface area contributed by atoms with Gasteiger partial charge in [-0.15, -0.1) is 0 Å². The number of nitrogens with zero attached hydrogens (tertiary/aromatic N) is 1. The molecule has 8 nitrogen and oxygen atoms in total. The summed E-state index contributed by atoms with van der Waals surface area (Å²) in [7, 11) is 1.24. The van der Waals surface area contributed by atoms with Gasteiger partial charge in [0.05, 0.1) is 39.9 Å². The highest BCUT2D eigenvalue weighted by Gasteiger charge is 2.23. The fourth-order valence-corrected chi connectivity index (χ4v) is 10.5. The number of hydrogen-bond acceptors (Lipinski definition) is 6. The highest BCUT2D eigenvalue weighted by atomic mass is 31.2. The fraction of sp³-hybridized carbons (Fsp3) is 0.789. The molecule has 0 aliphatic rings. The molecule has 0 bridgehead atoms. The van der Waals surface area contributed by atoms with Crippen LogP contribution in [0.5, 0.6) is 0 Å². The van der Waals surface area contributed by atoms with Crippen LogP contribution >= 0.6 is 7.82 Å². The van der Waals surface area contributed by atoms with E-state index in [9.17, 15) is 19.4 Å². The number of aliphatic hydroxyl groups excluding tert-OH is 1. The minimum absolute atomic E-state index is 0.0103. The van der Waals surface area contributed by atoms with Crippen molar-refractivity contribution in [1.29, 1.82) is 0 Å². The number of rotatable bonds is 62. The van der Waals surface area contributed by atoms with Crippen LogP contribution in [0.25, 0.3) is 0 Å². The molecule has 1 amide bonds. The quantitative estimate of drug-likeness (QED) is 0.0272. The van der Waals surface area contributed by atoms with E-state index >= 15 is 0 Å². The van der Waals surface area contributed by atoms with Gasteiger partial charge in [-0.2, -0.15) is 0 Å². The Morgan fingerprint density at radius 3 is 1.16 bits per heavy atom. The van der Waals surface area contributed by atoms with Gasteiger partial charge in [-0.1, -0.05) is 304 Å². The Labute approximate surface area is 497 Å². The highest BCUT2D eigenvalue weighted by molar-refractivity contribution is 7.45. The number of hydrogen-bond donors (Lipinski definition) is 2. The standard InChI is InChI=1S/C71H131N2O6P/c1-6-8-10-12-14-16-18-20-22-24-26-28-30-32-33-34-35-36-37-38-39-41-43-45-47-49-51-53-55-57-59-61-63-65-71(75)72-69(68-79-80(76,77)78-67-66-73(3,4)5)70(74)64-62-60-58-56-54-52-50-48-46-44-42-40-31-29-27-25-23-21-19-17-15-13-11-9-7-2/h8,10,14,16,20,22,26,28,46,48,54,56,62,64,69-70,74H,6-7,9,11-13,15,17-19,21,23-25,27,29-45,47,49-53,55,57-61,63,65-68H2,1-5H3,(H-,72,75,76,77)/b10-8-,16-14-,22-20-,28-26-,48-46+,56-54+,64-62+. The van der Waals surface area contributed by atoms with Gasteiger partial charge in [0.25, 0.3) is 7.82 Å². The molecule has 466 valence electrons. The maximum absolute atomic E-state index is 13.0. The molecule has 0 aliphatic heterocycles. The summed E-state index contributed by atoms with van der Waals surface area (Å²) in [5.41, 5.74) is 0. The largest absolute Gasteiger partial charge is 0.756 e. The lowest BCUT2D eigenvalue weighted by Gasteiger charge is -2.29. The molecule has 0 saturated heterocycles. The van der Waals surface area contributed by atoms with Gasteiger partial charge in [0, 0.05) is 6.42 Å². The number of quaternary nitrogens is 1. The third-order valence-corrected chi connectivity index (χ3v) is 16.0. The number of likely N-dealkylation sites (N-methyl/N-ethyl adjacent to an activating group) is 1. The fourth-order valence-electron chi connectivity index (χ4n) is 9.83. The third kappa shape index (κ3) is 63.3. The average Bonchev–Trinajstić information content (AvgIpc) is 3.42. The second kappa shape index (κ2) is 61.2. The van der Waals surface area contributed by atoms with Crippen LogP contribution < -0.4 is 10.2 Å². The molecule has 3 atom stereocenters. The molecule has 0 saturated carbocycles. The van der Waals surface area contributed by atoms with Crippen LogP contribution in [-0.4, -0.2) is 68.5 Å². The molecule has 0 aromatic rings. The van der Waals surface area contributed by atoms with Gasteiger partial charge in [0.1, 0.15) is 13.2 Å². The monoisotopic (exact) mass is 1140 g/mol. The number of allylic oxidation sites excluding steroid dienone is 13. The molecule has 0 rings (SSSR count). The highest BCUT2D eigenvalue weighted by Crippen LogP contribution is 2.38. The number of amides is 1. The summed E-state index contributed by atoms with van der Waals surface area (Å²) < 4.78 is 23.4. The lowest BCUT2D eigenvalue weighted by molar-refractivity contribution is -0.870. The summed E-state index contributed by atoms with van der Waals surface area (Å²) >= 11 is 0. The number of unbranched alkanes of at least 4 members (excludes halogenated alkanes) is 37. The Morgan fingerprint density at radius 1 is 0.450 bits per heavy atom. The SMILES string of the molecule is CC/C=C\C/C=C\C/C=C\C/C=C\CCCCCCCCCCCCCCCCCCCCCCC(=O)NC(COP(=O)([O-])OCC[N+](C)(C)C)C(O)/C=C/CC/C=C/CC/C=C/CCCCCCCCCCCCCCCCC. The van der Waals surface area contributed by atoms with E-state index in [-0.39, 0.29) is 12.5 Å². The van der Waals surface area contributed by atoms with Crippen molar-refractivity contribution in [2.75, 3.05) is 40.9 Å². The molecular formula is C71H131N2O6P. The van der Waals surface area contributed by atoms with Crippen LogP contribution in [0.4, 0.5) is 0 Å². The van der Waals surface area contributed by atoms with Gasteiger partial charge in [-0.3, -0.25) is 9.36 Å². The van der Waals surface area contributed by atoms with Crippen molar-refractivity contribution in [3.05, 3.63) is 85.1 Å². The molecule has 0 aromatic carbocycles. The van der Waals surface area contributed by atoms with E-state index in [2.05, 4.69) is 92.1 Å². The number of nitrogens with one attached hydrogen (secondary N) is 1. The Hall–Kier alpha value is -2.32. The van der Waals surface area contributed by atoms with Crippen molar-refractivity contribution in [3.8, 4) is 0 Å². The average molecular weight is 1140 g/mol. The molecule has 0 spiro atoms. The van der Waals surface area contributed by atoms with Crippen LogP contribution in [0, 0.1) is 0 Å². The first-order valence-electron chi connectivity index (χ1n) is 33.9. The number of carbonyl (C=O) groups excluding carboxylic acids is 1. The zero-order valence-corrected chi connectivity index (χ0v) is 54.2. The van der Waals surface area contributed by atoms with E-state index in [4.69, 9.17) is 9.05 Å². The van der Waals surface area contributed by atoms with Crippen molar-refractivity contribution < 1.29 is 32.9 Å². The Morgan fingerprint density at radius 2 is 0.775 bits per heavy atom. The van der Waals surface area contributed by atoms with Gasteiger partial charge in [0.15, 0.2) is 0 Å². The van der Waals surface area contributed by atoms with Gasteiger partial charge in [0.2, 0.25) is 5.91 Å². The third-order valence-electron chi connectivity index (χ3n) is 15.1. The van der Waals surface area contributed by atoms with E-state index in [1.807, 2.05) is 27.2 Å². The van der Waals surface area contributed by atoms with Crippen LogP contribution in [0.15, 0.2) is 85.1 Å². The van der Waals surface area contributed by atoms with E-state index in [0.29, 0.717) is 17.4 Å². The second-order valence-electron chi connectivity index (χ2n) is 24.1. The predicted octanol–water partition coefficient (Wildman–Crippen LogP) is 20.9. The van der Waals surface area contributed by atoms with Crippen molar-refractivity contribution in [1.82, 2.24) is 5.32 Å². The second-order valence-corrected chi connectivity index (χ2v) is 25.5. The van der Waals surface area contributed by atoms with E-state index in [1.54, 1.807) is 6.08 Å². The maximum atomic E-state index is 13.0. The minimum Gasteiger partial charge on any atom is -0.756 e. The number of carbonyl (C=O) groups is 1. The van der Waals surface area contributed by atoms with Crippen LogP contribution in [0.2, 0.25) is 0 Å². The van der Waals surface area contributed by atoms with E-state index in [0.717, 1.165) is 70.6 Å². The van der Waals surface area contributed by atoms with Crippen LogP contribution in [0.1, 0.15) is 309 Å². The summed E-state index contributed by atoms with van der Waals surface area (Å²) in [4.78, 5) is 25.6. The van der Waals surface area contributed by atoms with Crippen LogP contribution in [-0.2, 0) is 18.4 Å². The first-order chi connectivity index (χ1) is 39.0. The summed E-state index contributed by atoms with van der Waals surface area (Å²) in [5, 5.41) is 13.9. The first-order valence-corrected chi connectivity index (χ1v) is 35.4. The number of aliphatic hydroxyl groups is 1. The molecule has 80 heavy (non-hydrogen) atoms. The molecular weight excluding hydrogens is 1010 g/mol. The maximum Gasteiger partial charge on any atom is 0.268 e. The van der Waals surface area contributed by atoms with Gasteiger partial charge in [-0.05, 0) is 83.5 Å². The number of phosphoric ester groups is 1. The van der Waals surface area contributed by atoms with Gasteiger partial charge >= 0.3 is 0 Å². The minimum atomic E-state index is -4.62. The topological polar surface area (TPSA) is 108 Å². The van der Waals surface area contributed by atoms with E-state index in [1.165, 1.54) is 218 Å². The zero-order chi connectivity index (χ0) is 58.4. The summed E-state index contributed by atoms with van der Waals surface area (Å²) in [6.07, 6.45) is 87.0. The molecule has 0 radical (unpaired) electrons. The van der Waals surface area contributed by atoms with Crippen molar-refractivity contribution in [3.63, 3.8) is 0 Å². The molecule has 2 N–H and O–H groups in total. The summed E-state index contributed by atoms with van der Waals surface area (Å²) in [6.45, 7) is 4.54. The number of phosphoric acid groups is 1. The Balaban J connectivity index is 4.11. The van der Waals surface area contributed by atoms with Gasteiger partial charge in [-0.25, -0.2) is 0 Å². The molecule has 3 unspecified atom stereocenters. The summed E-state index contributed by atoms with van der Waals surface area (Å²) in [5.74, 6) is -0.208. The van der Waals surface area contributed by atoms with Crippen molar-refractivity contribution in [2.45, 2.75) is 321 Å². The lowest BCUT2D eigenvalue weighted by Crippen LogP contribution is -2.45. The predicted molar refractivity (Wildman–Crippen MR) is 348 cm³/mol. The van der Waals surface area contributed by atoms with Crippen molar-refractivity contribution >= 4 is 13.7 Å². The van der Waals surface area contributed by atoms with Crippen molar-refractivity contribution in [2.24, 2.45) is 0 Å². The van der Waals surface area contributed by atoms with Crippen LogP contribution in [0.3, 0.4) is 0 Å². The van der Waals surface area contributed by atoms with Gasteiger partial charge < -0.3 is 28.8 Å². The molecule has 0 aliphatic carbocycles. The molecule has 0 aromatic heterocycles. The van der Waals surface area contributed by atoms with E-state index < -0.39 is 26.6 Å². The molecule has 0 fully saturated rings. The Bertz CT molecular complexity index is 1580. The summed E-state index contributed by atoms with van der Waals surface area (Å²) in [6, 6.07) is -0.914.